The second kappa shape index (κ2) is 7.39. The average molecular weight is 353 g/mol. The minimum Gasteiger partial charge on any atom is -0.496 e. The maximum Gasteiger partial charge on any atom is 0.338 e. The quantitative estimate of drug-likeness (QED) is 0.660. The van der Waals surface area contributed by atoms with Crippen molar-refractivity contribution in [1.29, 1.82) is 0 Å². The van der Waals surface area contributed by atoms with E-state index < -0.39 is 5.97 Å². The zero-order chi connectivity index (χ0) is 18.7. The third-order valence-corrected chi connectivity index (χ3v) is 4.30. The molecule has 2 aromatic rings. The van der Waals surface area contributed by atoms with Crippen LogP contribution >= 0.6 is 0 Å². The number of ether oxygens (including phenoxy) is 2. The van der Waals surface area contributed by atoms with E-state index in [-0.39, 0.29) is 18.3 Å². The van der Waals surface area contributed by atoms with Crippen LogP contribution in [0.25, 0.3) is 0 Å². The number of ketones is 1. The van der Waals surface area contributed by atoms with Crippen molar-refractivity contribution in [2.24, 2.45) is 0 Å². The van der Waals surface area contributed by atoms with Gasteiger partial charge in [0.25, 0.3) is 0 Å². The van der Waals surface area contributed by atoms with Crippen molar-refractivity contribution in [2.75, 3.05) is 19.0 Å². The Kier molecular flexibility index (Phi) is 5.02. The van der Waals surface area contributed by atoms with Gasteiger partial charge in [0.1, 0.15) is 5.75 Å². The fourth-order valence-electron chi connectivity index (χ4n) is 2.80. The van der Waals surface area contributed by atoms with E-state index >= 15 is 0 Å². The van der Waals surface area contributed by atoms with Crippen LogP contribution in [0.1, 0.15) is 38.3 Å². The molecule has 1 aliphatic heterocycles. The summed E-state index contributed by atoms with van der Waals surface area (Å²) in [6.45, 7) is 1.52. The topological polar surface area (TPSA) is 81.7 Å². The summed E-state index contributed by atoms with van der Waals surface area (Å²) in [7, 11) is 1.53. The molecular formula is C20H19NO5. The molecule has 0 aromatic heterocycles. The highest BCUT2D eigenvalue weighted by Crippen LogP contribution is 2.24. The van der Waals surface area contributed by atoms with E-state index in [4.69, 9.17) is 9.47 Å². The van der Waals surface area contributed by atoms with Crippen LogP contribution in [0.2, 0.25) is 0 Å². The van der Waals surface area contributed by atoms with Crippen molar-refractivity contribution in [2.45, 2.75) is 19.8 Å². The number of anilines is 1. The molecule has 2 aromatic carbocycles. The molecule has 0 bridgehead atoms. The van der Waals surface area contributed by atoms with Gasteiger partial charge < -0.3 is 14.8 Å². The number of amides is 1. The smallest absolute Gasteiger partial charge is 0.338 e. The van der Waals surface area contributed by atoms with Gasteiger partial charge >= 0.3 is 5.97 Å². The summed E-state index contributed by atoms with van der Waals surface area (Å²) in [5.74, 6) is -0.319. The lowest BCUT2D eigenvalue weighted by molar-refractivity contribution is -0.116. The molecule has 0 spiro atoms. The molecule has 1 N–H and O–H groups in total. The molecule has 6 heteroatoms. The molecule has 134 valence electrons. The zero-order valence-corrected chi connectivity index (χ0v) is 14.6. The van der Waals surface area contributed by atoms with E-state index in [0.29, 0.717) is 29.7 Å². The predicted octanol–water partition coefficient (Wildman–Crippen LogP) is 2.93. The Hall–Kier alpha value is -3.15. The SMILES string of the molecule is COc1cc(C(=O)OCC(=O)c2ccc3c(c2)CCC(=O)N3)ccc1C. The lowest BCUT2D eigenvalue weighted by Crippen LogP contribution is -2.20. The molecule has 26 heavy (non-hydrogen) atoms. The average Bonchev–Trinajstić information content (AvgIpc) is 2.65. The number of methoxy groups -OCH3 is 1. The molecule has 1 aliphatic rings. The van der Waals surface area contributed by atoms with Crippen molar-refractivity contribution in [3.8, 4) is 5.75 Å². The molecule has 0 saturated heterocycles. The number of benzene rings is 2. The highest BCUT2D eigenvalue weighted by Gasteiger charge is 2.18. The highest BCUT2D eigenvalue weighted by atomic mass is 16.5. The molecule has 1 amide bonds. The van der Waals surface area contributed by atoms with Crippen molar-refractivity contribution < 1.29 is 23.9 Å². The van der Waals surface area contributed by atoms with E-state index in [0.717, 1.165) is 16.8 Å². The van der Waals surface area contributed by atoms with Crippen LogP contribution in [0.5, 0.6) is 5.75 Å². The first-order valence-electron chi connectivity index (χ1n) is 8.25. The predicted molar refractivity (Wildman–Crippen MR) is 95.7 cm³/mol. The van der Waals surface area contributed by atoms with Crippen LogP contribution in [0, 0.1) is 6.92 Å². The van der Waals surface area contributed by atoms with Crippen molar-refractivity contribution in [3.63, 3.8) is 0 Å². The second-order valence-corrected chi connectivity index (χ2v) is 6.10. The molecular weight excluding hydrogens is 334 g/mol. The molecule has 0 radical (unpaired) electrons. The number of hydrogen-bond donors (Lipinski definition) is 1. The standard InChI is InChI=1S/C20H19NO5/c1-12-3-4-15(10-18(12)25-2)20(24)26-11-17(22)14-5-7-16-13(9-14)6-8-19(23)21-16/h3-5,7,9-10H,6,8,11H2,1-2H3,(H,21,23). The van der Waals surface area contributed by atoms with Crippen molar-refractivity contribution in [1.82, 2.24) is 0 Å². The summed E-state index contributed by atoms with van der Waals surface area (Å²) in [6, 6.07) is 10.0. The Balaban J connectivity index is 1.65. The Labute approximate surface area is 151 Å². The van der Waals surface area contributed by atoms with Crippen LogP contribution in [-0.2, 0) is 16.0 Å². The van der Waals surface area contributed by atoms with Crippen LogP contribution < -0.4 is 10.1 Å². The lowest BCUT2D eigenvalue weighted by atomic mass is 9.99. The molecule has 0 atom stereocenters. The molecule has 0 fully saturated rings. The van der Waals surface area contributed by atoms with Gasteiger partial charge in [-0.3, -0.25) is 9.59 Å². The van der Waals surface area contributed by atoms with Gasteiger partial charge in [0.2, 0.25) is 5.91 Å². The summed E-state index contributed by atoms with van der Waals surface area (Å²) in [6.07, 6.45) is 0.986. The molecule has 0 unspecified atom stereocenters. The summed E-state index contributed by atoms with van der Waals surface area (Å²) in [5, 5.41) is 2.77. The van der Waals surface area contributed by atoms with Gasteiger partial charge in [-0.15, -0.1) is 0 Å². The van der Waals surface area contributed by atoms with Gasteiger partial charge in [-0.05, 0) is 54.8 Å². The number of esters is 1. The summed E-state index contributed by atoms with van der Waals surface area (Å²) < 4.78 is 10.3. The van der Waals surface area contributed by atoms with Gasteiger partial charge in [-0.2, -0.15) is 0 Å². The summed E-state index contributed by atoms with van der Waals surface area (Å²) >= 11 is 0. The third-order valence-electron chi connectivity index (χ3n) is 4.30. The minimum absolute atomic E-state index is 0.0287. The van der Waals surface area contributed by atoms with E-state index in [1.165, 1.54) is 7.11 Å². The first-order valence-corrected chi connectivity index (χ1v) is 8.25. The zero-order valence-electron chi connectivity index (χ0n) is 14.6. The van der Waals surface area contributed by atoms with E-state index in [1.807, 2.05) is 6.92 Å². The largest absolute Gasteiger partial charge is 0.496 e. The number of aryl methyl sites for hydroxylation is 2. The number of carbonyl (C=O) groups excluding carboxylic acids is 3. The van der Waals surface area contributed by atoms with Gasteiger partial charge in [0.15, 0.2) is 12.4 Å². The third kappa shape index (κ3) is 3.74. The van der Waals surface area contributed by atoms with Crippen molar-refractivity contribution >= 4 is 23.3 Å². The lowest BCUT2D eigenvalue weighted by Gasteiger charge is -2.17. The van der Waals surface area contributed by atoms with Crippen LogP contribution in [0.4, 0.5) is 5.69 Å². The van der Waals surface area contributed by atoms with E-state index in [9.17, 15) is 14.4 Å². The first-order chi connectivity index (χ1) is 12.5. The Morgan fingerprint density at radius 2 is 1.85 bits per heavy atom. The fraction of sp³-hybridized carbons (Fsp3) is 0.250. The monoisotopic (exact) mass is 353 g/mol. The van der Waals surface area contributed by atoms with Gasteiger partial charge in [0.05, 0.1) is 12.7 Å². The van der Waals surface area contributed by atoms with E-state index in [1.54, 1.807) is 36.4 Å². The Morgan fingerprint density at radius 1 is 1.08 bits per heavy atom. The number of hydrogen-bond acceptors (Lipinski definition) is 5. The molecule has 0 saturated carbocycles. The number of carbonyl (C=O) groups is 3. The summed E-state index contributed by atoms with van der Waals surface area (Å²) in [4.78, 5) is 35.8. The van der Waals surface area contributed by atoms with Crippen LogP contribution in [0.3, 0.4) is 0 Å². The van der Waals surface area contributed by atoms with Crippen LogP contribution in [-0.4, -0.2) is 31.4 Å². The first kappa shape index (κ1) is 17.7. The number of Topliss-reactive ketones (excluding diaryl/α,β-unsaturated/α-hetero) is 1. The number of rotatable bonds is 5. The summed E-state index contributed by atoms with van der Waals surface area (Å²) in [5.41, 5.74) is 3.32. The van der Waals surface area contributed by atoms with E-state index in [2.05, 4.69) is 5.32 Å². The molecule has 6 nitrogen and oxygen atoms in total. The maximum absolute atomic E-state index is 12.3. The highest BCUT2D eigenvalue weighted by molar-refractivity contribution is 6.01. The second-order valence-electron chi connectivity index (χ2n) is 6.10. The van der Waals surface area contributed by atoms with Crippen molar-refractivity contribution in [3.05, 3.63) is 58.7 Å². The Morgan fingerprint density at radius 3 is 2.62 bits per heavy atom. The maximum atomic E-state index is 12.3. The molecule has 0 aliphatic carbocycles. The van der Waals surface area contributed by atoms with Gasteiger partial charge in [-0.1, -0.05) is 6.07 Å². The van der Waals surface area contributed by atoms with Gasteiger partial charge in [0, 0.05) is 17.7 Å². The minimum atomic E-state index is -0.582. The Bertz CT molecular complexity index is 888. The molecule has 1 heterocycles. The normalized spacial score (nSPS) is 12.8. The number of fused-ring (bicyclic) bond motifs is 1. The molecule has 3 rings (SSSR count). The fourth-order valence-corrected chi connectivity index (χ4v) is 2.80. The van der Waals surface area contributed by atoms with Crippen LogP contribution in [0.15, 0.2) is 36.4 Å². The van der Waals surface area contributed by atoms with Gasteiger partial charge in [-0.25, -0.2) is 4.79 Å². The number of nitrogens with one attached hydrogen (secondary N) is 1.